The van der Waals surface area contributed by atoms with Gasteiger partial charge in [-0.25, -0.2) is 0 Å². The Labute approximate surface area is 229 Å². The van der Waals surface area contributed by atoms with Gasteiger partial charge in [0.15, 0.2) is 11.4 Å². The molecule has 1 amide bonds. The van der Waals surface area contributed by atoms with Crippen LogP contribution < -0.4 is 5.73 Å². The van der Waals surface area contributed by atoms with E-state index in [1.807, 2.05) is 6.07 Å². The van der Waals surface area contributed by atoms with E-state index in [-0.39, 0.29) is 24.5 Å². The predicted molar refractivity (Wildman–Crippen MR) is 134 cm³/mol. The minimum Gasteiger partial charge on any atom is -0.480 e. The second kappa shape index (κ2) is 13.1. The number of primary amides is 1. The van der Waals surface area contributed by atoms with Crippen molar-refractivity contribution >= 4 is 45.9 Å². The number of alkyl halides is 3. The molecule has 0 fully saturated rings. The standard InChI is InChI=1S/C13H14N4O2.C9H8N4O3.C2HF3O/c1-13(2,3)19-12(18)8-17-11-7-15-5-4-9(11)10(6-14)16-17;10-9(16)8-5-1-2-11-3-6(5)13(12-8)4-7(14)15;3-2(4,5)1-6/h4-5,7H,8H2,1-3H3;1-3H,4H2,(H2,10,16)(H,14,15);1H. The van der Waals surface area contributed by atoms with Crippen molar-refractivity contribution in [2.75, 3.05) is 0 Å². The zero-order valence-electron chi connectivity index (χ0n) is 21.8. The maximum atomic E-state index is 11.8. The summed E-state index contributed by atoms with van der Waals surface area (Å²) in [7, 11) is 0. The van der Waals surface area contributed by atoms with Gasteiger partial charge in [0.25, 0.3) is 5.91 Å². The summed E-state index contributed by atoms with van der Waals surface area (Å²) in [6.45, 7) is 5.02. The molecule has 0 saturated carbocycles. The number of aldehydes is 1. The molecule has 4 aromatic heterocycles. The second-order valence-corrected chi connectivity index (χ2v) is 8.91. The summed E-state index contributed by atoms with van der Waals surface area (Å²) in [5.74, 6) is -2.14. The number of fused-ring (bicyclic) bond motifs is 2. The minimum absolute atomic E-state index is 0.0405. The molecule has 0 aliphatic rings. The fourth-order valence-electron chi connectivity index (χ4n) is 3.17. The third kappa shape index (κ3) is 9.38. The van der Waals surface area contributed by atoms with E-state index in [9.17, 15) is 27.6 Å². The van der Waals surface area contributed by atoms with Gasteiger partial charge in [-0.15, -0.1) is 0 Å². The molecule has 0 saturated heterocycles. The molecule has 17 heteroatoms. The highest BCUT2D eigenvalue weighted by molar-refractivity contribution is 6.04. The lowest BCUT2D eigenvalue weighted by atomic mass is 10.2. The number of hydrogen-bond donors (Lipinski definition) is 2. The van der Waals surface area contributed by atoms with E-state index in [4.69, 9.17) is 25.6 Å². The number of carbonyl (C=O) groups is 4. The predicted octanol–water partition coefficient (Wildman–Crippen LogP) is 2.01. The first-order valence-corrected chi connectivity index (χ1v) is 11.3. The Morgan fingerprint density at radius 2 is 1.54 bits per heavy atom. The van der Waals surface area contributed by atoms with Gasteiger partial charge in [-0.3, -0.25) is 38.5 Å². The molecule has 41 heavy (non-hydrogen) atoms. The molecule has 0 aliphatic heterocycles. The maximum Gasteiger partial charge on any atom is 0.446 e. The van der Waals surface area contributed by atoms with E-state index in [2.05, 4.69) is 20.2 Å². The van der Waals surface area contributed by atoms with Crippen molar-refractivity contribution in [3.63, 3.8) is 0 Å². The number of carboxylic acid groups (broad SMARTS) is 1. The number of nitriles is 1. The zero-order valence-corrected chi connectivity index (χ0v) is 21.8. The van der Waals surface area contributed by atoms with Crippen LogP contribution in [0.1, 0.15) is 37.0 Å². The molecule has 4 rings (SSSR count). The van der Waals surface area contributed by atoms with Crippen LogP contribution in [0.2, 0.25) is 0 Å². The van der Waals surface area contributed by atoms with Crippen LogP contribution in [-0.4, -0.2) is 70.5 Å². The van der Waals surface area contributed by atoms with Gasteiger partial charge in [-0.2, -0.15) is 28.6 Å². The van der Waals surface area contributed by atoms with E-state index < -0.39 is 35.9 Å². The lowest BCUT2D eigenvalue weighted by Gasteiger charge is -2.19. The first-order valence-electron chi connectivity index (χ1n) is 11.3. The highest BCUT2D eigenvalue weighted by Gasteiger charge is 2.25. The lowest BCUT2D eigenvalue weighted by Crippen LogP contribution is -2.26. The summed E-state index contributed by atoms with van der Waals surface area (Å²) < 4.78 is 39.1. The first-order chi connectivity index (χ1) is 19.1. The molecule has 0 spiro atoms. The van der Waals surface area contributed by atoms with Crippen molar-refractivity contribution in [2.24, 2.45) is 5.73 Å². The Morgan fingerprint density at radius 3 is 2.00 bits per heavy atom. The topological polar surface area (TPSA) is 209 Å². The van der Waals surface area contributed by atoms with Crippen molar-refractivity contribution < 1.29 is 42.2 Å². The number of hydrogen-bond acceptors (Lipinski definition) is 10. The second-order valence-electron chi connectivity index (χ2n) is 8.91. The number of pyridine rings is 2. The molecule has 4 heterocycles. The molecule has 0 atom stereocenters. The average molecular weight is 576 g/mol. The first kappa shape index (κ1) is 31.8. The fourth-order valence-corrected chi connectivity index (χ4v) is 3.17. The SMILES string of the molecule is CC(C)(C)OC(=O)Cn1nc(C#N)c2ccncc21.NC(=O)c1nn(CC(=O)O)c2cnccc12.O=CC(F)(F)F. The number of esters is 1. The van der Waals surface area contributed by atoms with Crippen LogP contribution in [0.3, 0.4) is 0 Å². The monoisotopic (exact) mass is 576 g/mol. The third-order valence-corrected chi connectivity index (χ3v) is 4.56. The fraction of sp³-hybridized carbons (Fsp3) is 0.292. The van der Waals surface area contributed by atoms with Crippen molar-refractivity contribution in [1.82, 2.24) is 29.5 Å². The van der Waals surface area contributed by atoms with Crippen LogP contribution in [0.15, 0.2) is 36.9 Å². The number of ether oxygens (including phenoxy) is 1. The van der Waals surface area contributed by atoms with Crippen molar-refractivity contribution in [3.05, 3.63) is 48.3 Å². The maximum absolute atomic E-state index is 11.8. The van der Waals surface area contributed by atoms with Crippen LogP contribution in [0.4, 0.5) is 13.2 Å². The van der Waals surface area contributed by atoms with Gasteiger partial charge in [-0.1, -0.05) is 0 Å². The Bertz CT molecular complexity index is 1620. The van der Waals surface area contributed by atoms with Gasteiger partial charge in [0.2, 0.25) is 6.29 Å². The van der Waals surface area contributed by atoms with Crippen LogP contribution in [-0.2, 0) is 32.2 Å². The van der Waals surface area contributed by atoms with Gasteiger partial charge in [0.1, 0.15) is 24.8 Å². The Kier molecular flexibility index (Phi) is 10.2. The molecule has 0 aromatic carbocycles. The molecular formula is C24H23F3N8O6. The zero-order chi connectivity index (χ0) is 31.0. The number of carboxylic acids is 1. The van der Waals surface area contributed by atoms with Crippen LogP contribution in [0.25, 0.3) is 21.8 Å². The van der Waals surface area contributed by atoms with Crippen molar-refractivity contribution in [1.29, 1.82) is 5.26 Å². The number of aliphatic carboxylic acids is 1. The van der Waals surface area contributed by atoms with Gasteiger partial charge < -0.3 is 15.6 Å². The van der Waals surface area contributed by atoms with E-state index in [0.717, 1.165) is 0 Å². The summed E-state index contributed by atoms with van der Waals surface area (Å²) in [5, 5.41) is 26.8. The van der Waals surface area contributed by atoms with Crippen molar-refractivity contribution in [3.8, 4) is 6.07 Å². The number of halogens is 3. The number of nitrogens with zero attached hydrogens (tertiary/aromatic N) is 7. The molecule has 0 radical (unpaired) electrons. The van der Waals surface area contributed by atoms with Gasteiger partial charge in [-0.05, 0) is 32.9 Å². The van der Waals surface area contributed by atoms with E-state index >= 15 is 0 Å². The smallest absolute Gasteiger partial charge is 0.446 e. The Morgan fingerprint density at radius 1 is 1.02 bits per heavy atom. The average Bonchev–Trinajstić information content (AvgIpc) is 3.41. The van der Waals surface area contributed by atoms with Gasteiger partial charge in [0, 0.05) is 23.2 Å². The molecule has 14 nitrogen and oxygen atoms in total. The molecule has 216 valence electrons. The normalized spacial score (nSPS) is 11.0. The molecular weight excluding hydrogens is 553 g/mol. The third-order valence-electron chi connectivity index (χ3n) is 4.56. The van der Waals surface area contributed by atoms with E-state index in [1.54, 1.807) is 45.3 Å². The summed E-state index contributed by atoms with van der Waals surface area (Å²) in [6.07, 6.45) is 0.391. The van der Waals surface area contributed by atoms with Crippen LogP contribution in [0.5, 0.6) is 0 Å². The Balaban J connectivity index is 0.000000242. The lowest BCUT2D eigenvalue weighted by molar-refractivity contribution is -0.156. The number of aromatic nitrogens is 6. The number of amides is 1. The van der Waals surface area contributed by atoms with Gasteiger partial charge >= 0.3 is 18.1 Å². The van der Waals surface area contributed by atoms with E-state index in [0.29, 0.717) is 21.8 Å². The summed E-state index contributed by atoms with van der Waals surface area (Å²) in [6, 6.07) is 5.27. The highest BCUT2D eigenvalue weighted by atomic mass is 19.4. The van der Waals surface area contributed by atoms with Crippen molar-refractivity contribution in [2.45, 2.75) is 45.6 Å². The molecule has 3 N–H and O–H groups in total. The highest BCUT2D eigenvalue weighted by Crippen LogP contribution is 2.18. The number of carbonyl (C=O) groups excluding carboxylic acids is 3. The molecule has 0 unspecified atom stereocenters. The minimum atomic E-state index is -4.64. The molecule has 0 aliphatic carbocycles. The summed E-state index contributed by atoms with van der Waals surface area (Å²) in [5.41, 5.74) is 6.04. The summed E-state index contributed by atoms with van der Waals surface area (Å²) >= 11 is 0. The number of nitrogens with two attached hydrogens (primary N) is 1. The number of rotatable bonds is 5. The largest absolute Gasteiger partial charge is 0.480 e. The van der Waals surface area contributed by atoms with Crippen LogP contribution >= 0.6 is 0 Å². The summed E-state index contributed by atoms with van der Waals surface area (Å²) in [4.78, 5) is 50.0. The molecule has 4 aromatic rings. The van der Waals surface area contributed by atoms with Crippen LogP contribution in [0, 0.1) is 11.3 Å². The molecule has 0 bridgehead atoms. The quantitative estimate of drug-likeness (QED) is 0.259. The van der Waals surface area contributed by atoms with E-state index in [1.165, 1.54) is 21.8 Å². The Hall–Kier alpha value is -5.40. The van der Waals surface area contributed by atoms with Gasteiger partial charge in [0.05, 0.1) is 23.4 Å².